The summed E-state index contributed by atoms with van der Waals surface area (Å²) in [4.78, 5) is 10.6. The highest BCUT2D eigenvalue weighted by Crippen LogP contribution is 2.34. The smallest absolute Gasteiger partial charge is 0.309 e. The molecule has 0 amide bonds. The van der Waals surface area contributed by atoms with Crippen molar-refractivity contribution >= 4 is 5.97 Å². The molecule has 1 N–H and O–H groups in total. The van der Waals surface area contributed by atoms with E-state index in [0.29, 0.717) is 13.0 Å². The summed E-state index contributed by atoms with van der Waals surface area (Å²) in [6.45, 7) is 0.457. The van der Waals surface area contributed by atoms with E-state index in [2.05, 4.69) is 0 Å². The van der Waals surface area contributed by atoms with Crippen LogP contribution < -0.4 is 4.74 Å². The first-order valence-electron chi connectivity index (χ1n) is 5.18. The molecule has 0 saturated heterocycles. The maximum absolute atomic E-state index is 10.6. The van der Waals surface area contributed by atoms with E-state index in [4.69, 9.17) is 14.6 Å². The first-order valence-corrected chi connectivity index (χ1v) is 5.18. The van der Waals surface area contributed by atoms with Crippen LogP contribution in [0.4, 0.5) is 0 Å². The second kappa shape index (κ2) is 4.53. The molecule has 0 aromatic heterocycles. The van der Waals surface area contributed by atoms with Crippen molar-refractivity contribution in [2.24, 2.45) is 5.92 Å². The molecule has 4 heteroatoms. The van der Waals surface area contributed by atoms with Crippen LogP contribution in [-0.4, -0.2) is 24.3 Å². The van der Waals surface area contributed by atoms with Crippen molar-refractivity contribution in [3.8, 4) is 5.75 Å². The van der Waals surface area contributed by atoms with Crippen molar-refractivity contribution in [2.75, 3.05) is 7.11 Å². The van der Waals surface area contributed by atoms with Gasteiger partial charge in [-0.1, -0.05) is 12.1 Å². The van der Waals surface area contributed by atoms with Crippen LogP contribution in [0.2, 0.25) is 0 Å². The maximum atomic E-state index is 10.6. The number of methoxy groups -OCH3 is 1. The molecular formula is C12H14O4. The molecule has 0 aliphatic heterocycles. The number of carbonyl (C=O) groups is 1. The lowest BCUT2D eigenvalue weighted by Gasteiger charge is -2.04. The third kappa shape index (κ3) is 2.52. The Balaban J connectivity index is 1.80. The van der Waals surface area contributed by atoms with Crippen LogP contribution in [-0.2, 0) is 16.1 Å². The number of hydrogen-bond acceptors (Lipinski definition) is 3. The molecular weight excluding hydrogens is 208 g/mol. The molecule has 2 unspecified atom stereocenters. The van der Waals surface area contributed by atoms with Crippen molar-refractivity contribution in [1.82, 2.24) is 0 Å². The van der Waals surface area contributed by atoms with E-state index < -0.39 is 5.97 Å². The van der Waals surface area contributed by atoms with Crippen LogP contribution in [0, 0.1) is 5.92 Å². The second-order valence-electron chi connectivity index (χ2n) is 3.88. The zero-order valence-corrected chi connectivity index (χ0v) is 9.05. The number of rotatable bonds is 5. The van der Waals surface area contributed by atoms with Crippen LogP contribution >= 0.6 is 0 Å². The fourth-order valence-corrected chi connectivity index (χ4v) is 1.54. The number of ether oxygens (including phenoxy) is 2. The highest BCUT2D eigenvalue weighted by Gasteiger charge is 2.44. The van der Waals surface area contributed by atoms with Crippen LogP contribution in [0.5, 0.6) is 5.75 Å². The second-order valence-corrected chi connectivity index (χ2v) is 3.88. The van der Waals surface area contributed by atoms with Crippen molar-refractivity contribution in [3.63, 3.8) is 0 Å². The van der Waals surface area contributed by atoms with Crippen molar-refractivity contribution in [3.05, 3.63) is 29.8 Å². The Morgan fingerprint density at radius 1 is 1.44 bits per heavy atom. The zero-order chi connectivity index (χ0) is 11.5. The van der Waals surface area contributed by atoms with Gasteiger partial charge in [0.15, 0.2) is 0 Å². The Kier molecular flexibility index (Phi) is 3.10. The Labute approximate surface area is 93.8 Å². The van der Waals surface area contributed by atoms with Crippen LogP contribution in [0.15, 0.2) is 24.3 Å². The number of carboxylic acid groups (broad SMARTS) is 1. The molecule has 1 aliphatic carbocycles. The van der Waals surface area contributed by atoms with E-state index in [9.17, 15) is 4.79 Å². The van der Waals surface area contributed by atoms with Crippen molar-refractivity contribution in [1.29, 1.82) is 0 Å². The topological polar surface area (TPSA) is 55.8 Å². The van der Waals surface area contributed by atoms with E-state index in [1.165, 1.54) is 0 Å². The van der Waals surface area contributed by atoms with Gasteiger partial charge in [0.25, 0.3) is 0 Å². The largest absolute Gasteiger partial charge is 0.497 e. The van der Waals surface area contributed by atoms with Gasteiger partial charge in [0, 0.05) is 0 Å². The minimum Gasteiger partial charge on any atom is -0.497 e. The van der Waals surface area contributed by atoms with Gasteiger partial charge >= 0.3 is 5.97 Å². The lowest BCUT2D eigenvalue weighted by molar-refractivity contribution is -0.139. The van der Waals surface area contributed by atoms with Crippen LogP contribution in [0.1, 0.15) is 12.0 Å². The van der Waals surface area contributed by atoms with Gasteiger partial charge in [-0.25, -0.2) is 0 Å². The first kappa shape index (κ1) is 11.0. The Hall–Kier alpha value is -1.55. The SMILES string of the molecule is COc1ccc(COC2CC2C(=O)O)cc1. The summed E-state index contributed by atoms with van der Waals surface area (Å²) >= 11 is 0. The van der Waals surface area contributed by atoms with E-state index in [1.807, 2.05) is 24.3 Å². The number of aliphatic carboxylic acids is 1. The average molecular weight is 222 g/mol. The molecule has 0 spiro atoms. The van der Waals surface area contributed by atoms with E-state index in [0.717, 1.165) is 11.3 Å². The van der Waals surface area contributed by atoms with E-state index in [-0.39, 0.29) is 12.0 Å². The predicted octanol–water partition coefficient (Wildman–Crippen LogP) is 1.68. The van der Waals surface area contributed by atoms with Gasteiger partial charge in [-0.3, -0.25) is 4.79 Å². The van der Waals surface area contributed by atoms with Gasteiger partial charge in [0.05, 0.1) is 25.7 Å². The third-order valence-electron chi connectivity index (χ3n) is 2.67. The lowest BCUT2D eigenvalue weighted by Crippen LogP contribution is -2.05. The van der Waals surface area contributed by atoms with E-state index >= 15 is 0 Å². The fraction of sp³-hybridized carbons (Fsp3) is 0.417. The quantitative estimate of drug-likeness (QED) is 0.823. The van der Waals surface area contributed by atoms with Gasteiger partial charge in [-0.05, 0) is 24.1 Å². The van der Waals surface area contributed by atoms with Gasteiger partial charge in [0.2, 0.25) is 0 Å². The molecule has 16 heavy (non-hydrogen) atoms. The summed E-state index contributed by atoms with van der Waals surface area (Å²) < 4.78 is 10.5. The molecule has 0 heterocycles. The van der Waals surface area contributed by atoms with Crippen molar-refractivity contribution in [2.45, 2.75) is 19.1 Å². The fourth-order valence-electron chi connectivity index (χ4n) is 1.54. The summed E-state index contributed by atoms with van der Waals surface area (Å²) in [6, 6.07) is 7.55. The Bertz CT molecular complexity index is 371. The Morgan fingerprint density at radius 2 is 2.12 bits per heavy atom. The number of carboxylic acids is 1. The highest BCUT2D eigenvalue weighted by atomic mass is 16.5. The summed E-state index contributed by atoms with van der Waals surface area (Å²) in [5.41, 5.74) is 1.02. The van der Waals surface area contributed by atoms with Crippen LogP contribution in [0.25, 0.3) is 0 Å². The summed E-state index contributed by atoms with van der Waals surface area (Å²) in [7, 11) is 1.62. The molecule has 4 nitrogen and oxygen atoms in total. The summed E-state index contributed by atoms with van der Waals surface area (Å²) in [6.07, 6.45) is 0.519. The first-order chi connectivity index (χ1) is 7.70. The lowest BCUT2D eigenvalue weighted by atomic mass is 10.2. The molecule has 0 radical (unpaired) electrons. The van der Waals surface area contributed by atoms with Gasteiger partial charge in [-0.2, -0.15) is 0 Å². The molecule has 0 bridgehead atoms. The Morgan fingerprint density at radius 3 is 2.62 bits per heavy atom. The molecule has 1 aromatic rings. The zero-order valence-electron chi connectivity index (χ0n) is 9.05. The third-order valence-corrected chi connectivity index (χ3v) is 2.67. The highest BCUT2D eigenvalue weighted by molar-refractivity contribution is 5.74. The molecule has 2 atom stereocenters. The monoisotopic (exact) mass is 222 g/mol. The minimum absolute atomic E-state index is 0.111. The molecule has 1 aromatic carbocycles. The predicted molar refractivity (Wildman–Crippen MR) is 57.3 cm³/mol. The summed E-state index contributed by atoms with van der Waals surface area (Å²) in [5.74, 6) is -0.267. The van der Waals surface area contributed by atoms with Crippen molar-refractivity contribution < 1.29 is 19.4 Å². The minimum atomic E-state index is -0.764. The van der Waals surface area contributed by atoms with Gasteiger partial charge in [0.1, 0.15) is 5.75 Å². The molecule has 1 aliphatic rings. The van der Waals surface area contributed by atoms with Gasteiger partial charge < -0.3 is 14.6 Å². The van der Waals surface area contributed by atoms with Gasteiger partial charge in [-0.15, -0.1) is 0 Å². The molecule has 1 fully saturated rings. The van der Waals surface area contributed by atoms with Crippen LogP contribution in [0.3, 0.4) is 0 Å². The molecule has 2 rings (SSSR count). The van der Waals surface area contributed by atoms with E-state index in [1.54, 1.807) is 7.11 Å². The standard InChI is InChI=1S/C12H14O4/c1-15-9-4-2-8(3-5-9)7-16-11-6-10(11)12(13)14/h2-5,10-11H,6-7H2,1H3,(H,13,14). The normalized spacial score (nSPS) is 22.8. The molecule has 86 valence electrons. The average Bonchev–Trinajstić information content (AvgIpc) is 3.06. The summed E-state index contributed by atoms with van der Waals surface area (Å²) in [5, 5.41) is 8.69. The number of benzene rings is 1. The maximum Gasteiger partial charge on any atom is 0.309 e. The molecule has 1 saturated carbocycles. The number of hydrogen-bond donors (Lipinski definition) is 1.